The van der Waals surface area contributed by atoms with Crippen molar-refractivity contribution in [3.05, 3.63) is 65.7 Å². The molecule has 1 heterocycles. The van der Waals surface area contributed by atoms with E-state index in [1.54, 1.807) is 16.7 Å². The molecule has 0 aromatic heterocycles. The predicted molar refractivity (Wildman–Crippen MR) is 116 cm³/mol. The number of hydrogen-bond acceptors (Lipinski definition) is 3. The maximum Gasteiger partial charge on any atom is 0.258 e. The number of thioether (sulfide) groups is 1. The summed E-state index contributed by atoms with van der Waals surface area (Å²) in [6.45, 7) is 4.66. The van der Waals surface area contributed by atoms with Gasteiger partial charge in [0.15, 0.2) is 0 Å². The zero-order valence-electron chi connectivity index (χ0n) is 16.0. The fraction of sp³-hybridized carbons (Fsp3) is 0.217. The number of benzene rings is 3. The van der Waals surface area contributed by atoms with Crippen molar-refractivity contribution in [3.8, 4) is 0 Å². The Morgan fingerprint density at radius 3 is 2.61 bits per heavy atom. The van der Waals surface area contributed by atoms with Crippen LogP contribution in [0.5, 0.6) is 0 Å². The van der Waals surface area contributed by atoms with Crippen molar-refractivity contribution in [2.75, 3.05) is 22.5 Å². The Balaban J connectivity index is 1.48. The first-order valence-electron chi connectivity index (χ1n) is 9.45. The van der Waals surface area contributed by atoms with E-state index in [4.69, 9.17) is 0 Å². The third kappa shape index (κ3) is 3.38. The molecule has 5 heteroatoms. The number of aryl methyl sites for hydroxylation is 1. The van der Waals surface area contributed by atoms with Crippen molar-refractivity contribution in [3.63, 3.8) is 0 Å². The predicted octanol–water partition coefficient (Wildman–Crippen LogP) is 5.25. The van der Waals surface area contributed by atoms with Gasteiger partial charge in [-0.1, -0.05) is 29.8 Å². The van der Waals surface area contributed by atoms with E-state index < -0.39 is 0 Å². The van der Waals surface area contributed by atoms with Gasteiger partial charge in [0.05, 0.1) is 5.69 Å². The number of rotatable bonds is 6. The summed E-state index contributed by atoms with van der Waals surface area (Å²) in [7, 11) is 0. The lowest BCUT2D eigenvalue weighted by molar-refractivity contribution is -0.115. The second kappa shape index (κ2) is 7.68. The molecular weight excluding hydrogens is 368 g/mol. The van der Waals surface area contributed by atoms with E-state index in [9.17, 15) is 9.59 Å². The average Bonchev–Trinajstić information content (AvgIpc) is 2.98. The first kappa shape index (κ1) is 18.6. The zero-order valence-corrected chi connectivity index (χ0v) is 16.8. The lowest BCUT2D eigenvalue weighted by atomic mass is 10.0. The molecule has 4 rings (SSSR count). The number of nitrogens with one attached hydrogen (secondary N) is 1. The first-order chi connectivity index (χ1) is 13.6. The molecule has 0 aliphatic carbocycles. The second-order valence-corrected chi connectivity index (χ2v) is 8.04. The summed E-state index contributed by atoms with van der Waals surface area (Å²) in [5, 5.41) is 4.88. The molecule has 0 unspecified atom stereocenters. The Bertz CT molecular complexity index is 1060. The van der Waals surface area contributed by atoms with Crippen molar-refractivity contribution in [2.45, 2.75) is 25.2 Å². The van der Waals surface area contributed by atoms with Gasteiger partial charge in [-0.2, -0.15) is 0 Å². The molecular formula is C23H22N2O2S. The van der Waals surface area contributed by atoms with Crippen LogP contribution < -0.4 is 10.2 Å². The van der Waals surface area contributed by atoms with E-state index in [2.05, 4.69) is 36.5 Å². The van der Waals surface area contributed by atoms with E-state index >= 15 is 0 Å². The summed E-state index contributed by atoms with van der Waals surface area (Å²) in [5.41, 5.74) is 3.62. The van der Waals surface area contributed by atoms with Gasteiger partial charge in [-0.05, 0) is 44.2 Å². The molecule has 0 radical (unpaired) electrons. The molecule has 0 atom stereocenters. The van der Waals surface area contributed by atoms with Gasteiger partial charge in [0.25, 0.3) is 5.91 Å². The standard InChI is InChI=1S/C23H22N2O2S/c1-3-25-20-12-11-19(17-5-4-6-18(22(17)20)23(25)27)24-21(26)13-14-28-16-9-7-15(2)8-10-16/h4-12H,3,13-14H2,1-2H3,(H,24,26). The van der Waals surface area contributed by atoms with Crippen LogP contribution in [0, 0.1) is 6.92 Å². The molecule has 2 amide bonds. The molecule has 0 fully saturated rings. The van der Waals surface area contributed by atoms with Gasteiger partial charge in [-0.25, -0.2) is 0 Å². The van der Waals surface area contributed by atoms with E-state index in [1.165, 1.54) is 10.5 Å². The molecule has 3 aromatic carbocycles. The highest BCUT2D eigenvalue weighted by molar-refractivity contribution is 7.99. The van der Waals surface area contributed by atoms with Crippen LogP contribution in [0.4, 0.5) is 11.4 Å². The van der Waals surface area contributed by atoms with Crippen LogP contribution in [0.3, 0.4) is 0 Å². The Morgan fingerprint density at radius 2 is 1.86 bits per heavy atom. The third-order valence-electron chi connectivity index (χ3n) is 4.99. The highest BCUT2D eigenvalue weighted by atomic mass is 32.2. The lowest BCUT2D eigenvalue weighted by Gasteiger charge is -2.15. The monoisotopic (exact) mass is 390 g/mol. The van der Waals surface area contributed by atoms with Crippen LogP contribution in [0.1, 0.15) is 29.3 Å². The minimum Gasteiger partial charge on any atom is -0.325 e. The summed E-state index contributed by atoms with van der Waals surface area (Å²) in [5.74, 6) is 0.733. The normalized spacial score (nSPS) is 12.6. The largest absolute Gasteiger partial charge is 0.325 e. The summed E-state index contributed by atoms with van der Waals surface area (Å²) < 4.78 is 0. The smallest absolute Gasteiger partial charge is 0.258 e. The molecule has 28 heavy (non-hydrogen) atoms. The van der Waals surface area contributed by atoms with Crippen LogP contribution in [0.25, 0.3) is 10.8 Å². The van der Waals surface area contributed by atoms with Crippen LogP contribution >= 0.6 is 11.8 Å². The minimum atomic E-state index is -0.0167. The Hall–Kier alpha value is -2.79. The summed E-state index contributed by atoms with van der Waals surface area (Å²) in [6, 6.07) is 17.8. The lowest BCUT2D eigenvalue weighted by Crippen LogP contribution is -2.25. The molecule has 4 nitrogen and oxygen atoms in total. The van der Waals surface area contributed by atoms with Gasteiger partial charge in [0.1, 0.15) is 0 Å². The first-order valence-corrected chi connectivity index (χ1v) is 10.4. The van der Waals surface area contributed by atoms with E-state index in [1.807, 2.05) is 37.3 Å². The van der Waals surface area contributed by atoms with Crippen LogP contribution in [-0.4, -0.2) is 24.1 Å². The van der Waals surface area contributed by atoms with Crippen molar-refractivity contribution in [1.29, 1.82) is 0 Å². The van der Waals surface area contributed by atoms with Crippen LogP contribution in [0.2, 0.25) is 0 Å². The van der Waals surface area contributed by atoms with Gasteiger partial charge in [0, 0.05) is 45.6 Å². The minimum absolute atomic E-state index is 0.0167. The number of anilines is 2. The number of carbonyl (C=O) groups excluding carboxylic acids is 2. The fourth-order valence-electron chi connectivity index (χ4n) is 3.58. The Labute approximate surface area is 168 Å². The summed E-state index contributed by atoms with van der Waals surface area (Å²) in [6.07, 6.45) is 0.432. The average molecular weight is 391 g/mol. The van der Waals surface area contributed by atoms with Crippen LogP contribution in [-0.2, 0) is 4.79 Å². The van der Waals surface area contributed by atoms with Crippen molar-refractivity contribution >= 4 is 45.7 Å². The highest BCUT2D eigenvalue weighted by Crippen LogP contribution is 2.40. The van der Waals surface area contributed by atoms with Crippen molar-refractivity contribution < 1.29 is 9.59 Å². The molecule has 1 N–H and O–H groups in total. The molecule has 0 spiro atoms. The number of carbonyl (C=O) groups is 2. The van der Waals surface area contributed by atoms with Crippen molar-refractivity contribution in [1.82, 2.24) is 0 Å². The second-order valence-electron chi connectivity index (χ2n) is 6.87. The zero-order chi connectivity index (χ0) is 19.7. The van der Waals surface area contributed by atoms with E-state index in [0.717, 1.165) is 27.9 Å². The maximum atomic E-state index is 12.6. The van der Waals surface area contributed by atoms with E-state index in [0.29, 0.717) is 18.5 Å². The van der Waals surface area contributed by atoms with Gasteiger partial charge in [0.2, 0.25) is 5.91 Å². The molecule has 0 bridgehead atoms. The molecule has 1 aliphatic heterocycles. The molecule has 0 saturated carbocycles. The Morgan fingerprint density at radius 1 is 1.07 bits per heavy atom. The number of amides is 2. The SMILES string of the molecule is CCN1C(=O)c2cccc3c(NC(=O)CCSc4ccc(C)cc4)ccc1c23. The van der Waals surface area contributed by atoms with Gasteiger partial charge in [-0.15, -0.1) is 11.8 Å². The van der Waals surface area contributed by atoms with Gasteiger partial charge in [-0.3, -0.25) is 9.59 Å². The third-order valence-corrected chi connectivity index (χ3v) is 6.01. The van der Waals surface area contributed by atoms with Crippen LogP contribution in [0.15, 0.2) is 59.5 Å². The quantitative estimate of drug-likeness (QED) is 0.585. The van der Waals surface area contributed by atoms with Gasteiger partial charge >= 0.3 is 0 Å². The molecule has 0 saturated heterocycles. The summed E-state index contributed by atoms with van der Waals surface area (Å²) >= 11 is 1.68. The number of hydrogen-bond donors (Lipinski definition) is 1. The highest BCUT2D eigenvalue weighted by Gasteiger charge is 2.29. The topological polar surface area (TPSA) is 49.4 Å². The maximum absolute atomic E-state index is 12.6. The molecule has 1 aliphatic rings. The molecule has 142 valence electrons. The van der Waals surface area contributed by atoms with Crippen molar-refractivity contribution in [2.24, 2.45) is 0 Å². The summed E-state index contributed by atoms with van der Waals surface area (Å²) in [4.78, 5) is 28.0. The molecule has 3 aromatic rings. The van der Waals surface area contributed by atoms with E-state index in [-0.39, 0.29) is 11.8 Å². The fourth-order valence-corrected chi connectivity index (χ4v) is 4.43. The Kier molecular flexibility index (Phi) is 5.09. The number of nitrogens with zero attached hydrogens (tertiary/aromatic N) is 1. The van der Waals surface area contributed by atoms with Gasteiger partial charge < -0.3 is 10.2 Å².